The van der Waals surface area contributed by atoms with Gasteiger partial charge in [-0.05, 0) is 42.3 Å². The van der Waals surface area contributed by atoms with E-state index >= 15 is 0 Å². The quantitative estimate of drug-likeness (QED) is 0.919. The molecule has 4 heteroatoms. The summed E-state index contributed by atoms with van der Waals surface area (Å²) in [5.41, 5.74) is 1.39. The first-order chi connectivity index (χ1) is 10.8. The van der Waals surface area contributed by atoms with Crippen LogP contribution in [0.2, 0.25) is 0 Å². The Bertz CT molecular complexity index is 582. The van der Waals surface area contributed by atoms with Crippen molar-refractivity contribution in [3.05, 3.63) is 58.3 Å². The molecule has 3 nitrogen and oxygen atoms in total. The number of nitrogens with one attached hydrogen (secondary N) is 1. The molecule has 0 aliphatic carbocycles. The first kappa shape index (κ1) is 15.3. The molecule has 1 aliphatic heterocycles. The van der Waals surface area contributed by atoms with Gasteiger partial charge in [0.05, 0.1) is 13.1 Å². The molecular weight excluding hydrogens is 292 g/mol. The average molecular weight is 314 g/mol. The fraction of sp³-hybridized carbons (Fsp3) is 0.389. The fourth-order valence-electron chi connectivity index (χ4n) is 3.05. The molecule has 1 aromatic heterocycles. The van der Waals surface area contributed by atoms with Crippen LogP contribution in [0.25, 0.3) is 0 Å². The molecule has 0 radical (unpaired) electrons. The van der Waals surface area contributed by atoms with Crippen LogP contribution in [0, 0.1) is 0 Å². The Labute approximate surface area is 136 Å². The minimum absolute atomic E-state index is 0.127. The molecule has 0 bridgehead atoms. The van der Waals surface area contributed by atoms with Crippen LogP contribution in [0.5, 0.6) is 0 Å². The zero-order valence-electron chi connectivity index (χ0n) is 12.7. The van der Waals surface area contributed by atoms with Crippen LogP contribution in [0.4, 0.5) is 0 Å². The third-order valence-corrected chi connectivity index (χ3v) is 5.06. The Morgan fingerprint density at radius 3 is 2.86 bits per heavy atom. The molecule has 116 valence electrons. The highest BCUT2D eigenvalue weighted by Gasteiger charge is 2.22. The van der Waals surface area contributed by atoms with E-state index in [1.54, 1.807) is 11.3 Å². The van der Waals surface area contributed by atoms with E-state index in [0.717, 1.165) is 19.5 Å². The van der Waals surface area contributed by atoms with E-state index in [9.17, 15) is 4.79 Å². The lowest BCUT2D eigenvalue weighted by molar-refractivity contribution is -0.122. The molecule has 1 N–H and O–H groups in total. The van der Waals surface area contributed by atoms with Gasteiger partial charge in [0.2, 0.25) is 5.91 Å². The monoisotopic (exact) mass is 314 g/mol. The van der Waals surface area contributed by atoms with Crippen LogP contribution in [0.15, 0.2) is 47.8 Å². The van der Waals surface area contributed by atoms with Crippen LogP contribution in [0.1, 0.15) is 29.2 Å². The number of benzene rings is 1. The molecule has 0 saturated carbocycles. The largest absolute Gasteiger partial charge is 0.350 e. The summed E-state index contributed by atoms with van der Waals surface area (Å²) in [5, 5.41) is 5.06. The molecule has 1 atom stereocenters. The van der Waals surface area contributed by atoms with Crippen molar-refractivity contribution < 1.29 is 4.79 Å². The number of amides is 1. The smallest absolute Gasteiger partial charge is 0.234 e. The van der Waals surface area contributed by atoms with Crippen molar-refractivity contribution in [2.45, 2.75) is 25.3 Å². The van der Waals surface area contributed by atoms with Gasteiger partial charge in [-0.15, -0.1) is 11.3 Å². The molecule has 22 heavy (non-hydrogen) atoms. The molecular formula is C18H22N2OS. The number of thiophene rings is 1. The number of hydrogen-bond donors (Lipinski definition) is 1. The van der Waals surface area contributed by atoms with Crippen LogP contribution in [-0.4, -0.2) is 30.4 Å². The van der Waals surface area contributed by atoms with Gasteiger partial charge in [0, 0.05) is 11.4 Å². The van der Waals surface area contributed by atoms with E-state index in [4.69, 9.17) is 0 Å². The number of carbonyl (C=O) groups excluding carboxylic acids is 1. The maximum Gasteiger partial charge on any atom is 0.234 e. The third kappa shape index (κ3) is 4.18. The van der Waals surface area contributed by atoms with Gasteiger partial charge < -0.3 is 5.32 Å². The van der Waals surface area contributed by atoms with Crippen LogP contribution < -0.4 is 5.32 Å². The van der Waals surface area contributed by atoms with Gasteiger partial charge in [-0.1, -0.05) is 36.4 Å². The maximum atomic E-state index is 12.1. The average Bonchev–Trinajstić information content (AvgIpc) is 3.08. The zero-order chi connectivity index (χ0) is 15.2. The van der Waals surface area contributed by atoms with Gasteiger partial charge in [0.15, 0.2) is 0 Å². The number of rotatable bonds is 5. The van der Waals surface area contributed by atoms with E-state index in [2.05, 4.69) is 46.6 Å². The lowest BCUT2D eigenvalue weighted by Crippen LogP contribution is -2.41. The molecule has 1 saturated heterocycles. The summed E-state index contributed by atoms with van der Waals surface area (Å²) in [6.07, 6.45) is 2.38. The van der Waals surface area contributed by atoms with Gasteiger partial charge >= 0.3 is 0 Å². The topological polar surface area (TPSA) is 32.3 Å². The fourth-order valence-corrected chi connectivity index (χ4v) is 3.70. The van der Waals surface area contributed by atoms with E-state index < -0.39 is 0 Å². The Morgan fingerprint density at radius 2 is 2.09 bits per heavy atom. The van der Waals surface area contributed by atoms with Crippen LogP contribution in [0.3, 0.4) is 0 Å². The summed E-state index contributed by atoms with van der Waals surface area (Å²) in [5.74, 6) is 0.683. The van der Waals surface area contributed by atoms with Crippen molar-refractivity contribution >= 4 is 17.2 Å². The lowest BCUT2D eigenvalue weighted by Gasteiger charge is -2.32. The predicted molar refractivity (Wildman–Crippen MR) is 91.0 cm³/mol. The van der Waals surface area contributed by atoms with E-state index in [1.165, 1.54) is 16.9 Å². The molecule has 0 unspecified atom stereocenters. The predicted octanol–water partition coefficient (Wildman–Crippen LogP) is 3.24. The molecule has 3 rings (SSSR count). The molecule has 1 fully saturated rings. The highest BCUT2D eigenvalue weighted by atomic mass is 32.1. The van der Waals surface area contributed by atoms with Crippen molar-refractivity contribution in [2.24, 2.45) is 0 Å². The van der Waals surface area contributed by atoms with Crippen molar-refractivity contribution in [3.63, 3.8) is 0 Å². The molecule has 1 amide bonds. The minimum Gasteiger partial charge on any atom is -0.350 e. The van der Waals surface area contributed by atoms with E-state index in [0.29, 0.717) is 19.0 Å². The second kappa shape index (κ2) is 7.56. The summed E-state index contributed by atoms with van der Waals surface area (Å²) in [4.78, 5) is 15.6. The van der Waals surface area contributed by atoms with Crippen molar-refractivity contribution in [1.29, 1.82) is 0 Å². The Kier molecular flexibility index (Phi) is 5.24. The normalized spacial score (nSPS) is 19.0. The number of piperidine rings is 1. The standard InChI is InChI=1S/C18H22N2OS/c21-18(19-12-17-9-5-11-22-17)14-20-10-4-8-16(13-20)15-6-2-1-3-7-15/h1-3,5-7,9,11,16H,4,8,10,12-14H2,(H,19,21)/t16-/m1/s1. The first-order valence-corrected chi connectivity index (χ1v) is 8.75. The highest BCUT2D eigenvalue weighted by molar-refractivity contribution is 7.09. The minimum atomic E-state index is 0.127. The number of hydrogen-bond acceptors (Lipinski definition) is 3. The van der Waals surface area contributed by atoms with Crippen molar-refractivity contribution in [2.75, 3.05) is 19.6 Å². The van der Waals surface area contributed by atoms with Gasteiger partial charge in [-0.25, -0.2) is 0 Å². The molecule has 1 aromatic carbocycles. The molecule has 0 spiro atoms. The van der Waals surface area contributed by atoms with Crippen molar-refractivity contribution in [3.8, 4) is 0 Å². The van der Waals surface area contributed by atoms with Crippen LogP contribution in [-0.2, 0) is 11.3 Å². The van der Waals surface area contributed by atoms with E-state index in [-0.39, 0.29) is 5.91 Å². The molecule has 1 aliphatic rings. The van der Waals surface area contributed by atoms with Crippen LogP contribution >= 0.6 is 11.3 Å². The third-order valence-electron chi connectivity index (χ3n) is 4.18. The van der Waals surface area contributed by atoms with Gasteiger partial charge in [0.1, 0.15) is 0 Å². The van der Waals surface area contributed by atoms with Crippen molar-refractivity contribution in [1.82, 2.24) is 10.2 Å². The number of nitrogens with zero attached hydrogens (tertiary/aromatic N) is 1. The summed E-state index contributed by atoms with van der Waals surface area (Å²) in [7, 11) is 0. The van der Waals surface area contributed by atoms with Gasteiger partial charge in [-0.3, -0.25) is 9.69 Å². The van der Waals surface area contributed by atoms with Gasteiger partial charge in [0.25, 0.3) is 0 Å². The summed E-state index contributed by atoms with van der Waals surface area (Å²) in [6.45, 7) is 3.16. The highest BCUT2D eigenvalue weighted by Crippen LogP contribution is 2.26. The molecule has 2 aromatic rings. The second-order valence-corrected chi connectivity index (χ2v) is 6.87. The Balaban J connectivity index is 1.48. The number of likely N-dealkylation sites (tertiary alicyclic amines) is 1. The first-order valence-electron chi connectivity index (χ1n) is 7.87. The Morgan fingerprint density at radius 1 is 1.23 bits per heavy atom. The maximum absolute atomic E-state index is 12.1. The lowest BCUT2D eigenvalue weighted by atomic mass is 9.91. The summed E-state index contributed by atoms with van der Waals surface area (Å²) >= 11 is 1.68. The summed E-state index contributed by atoms with van der Waals surface area (Å²) in [6, 6.07) is 14.7. The second-order valence-electron chi connectivity index (χ2n) is 5.84. The summed E-state index contributed by atoms with van der Waals surface area (Å²) < 4.78 is 0. The number of carbonyl (C=O) groups is 1. The van der Waals surface area contributed by atoms with E-state index in [1.807, 2.05) is 11.4 Å². The van der Waals surface area contributed by atoms with Gasteiger partial charge in [-0.2, -0.15) is 0 Å². The SMILES string of the molecule is O=C(CN1CCC[C@@H](c2ccccc2)C1)NCc1cccs1. The zero-order valence-corrected chi connectivity index (χ0v) is 13.5. The molecule has 2 heterocycles. The Hall–Kier alpha value is -1.65.